The van der Waals surface area contributed by atoms with E-state index < -0.39 is 0 Å². The van der Waals surface area contributed by atoms with Crippen molar-refractivity contribution in [3.8, 4) is 0 Å². The average Bonchev–Trinajstić information content (AvgIpc) is 3.02. The van der Waals surface area contributed by atoms with Gasteiger partial charge < -0.3 is 15.5 Å². The number of nitrogens with zero attached hydrogens (tertiary/aromatic N) is 4. The molecule has 152 valence electrons. The number of anilines is 4. The summed E-state index contributed by atoms with van der Waals surface area (Å²) in [5, 5.41) is 7.12. The third-order valence-corrected chi connectivity index (χ3v) is 5.51. The number of aromatic nitrogens is 3. The van der Waals surface area contributed by atoms with Gasteiger partial charge in [0.05, 0.1) is 10.7 Å². The Bertz CT molecular complexity index is 995. The monoisotopic (exact) mass is 410 g/mol. The number of aryl methyl sites for hydroxylation is 3. The summed E-state index contributed by atoms with van der Waals surface area (Å²) in [6.45, 7) is 11.6. The first-order chi connectivity index (χ1) is 13.9. The summed E-state index contributed by atoms with van der Waals surface area (Å²) in [6, 6.07) is 9.50. The number of amides is 1. The van der Waals surface area contributed by atoms with Gasteiger partial charge in [0.2, 0.25) is 0 Å². The number of hydrogen-bond donors (Lipinski definition) is 2. The fourth-order valence-electron chi connectivity index (χ4n) is 3.04. The normalized spacial score (nSPS) is 10.7. The van der Waals surface area contributed by atoms with Crippen LogP contribution >= 0.6 is 11.3 Å². The van der Waals surface area contributed by atoms with Crippen LogP contribution in [0.3, 0.4) is 0 Å². The molecule has 3 rings (SSSR count). The van der Waals surface area contributed by atoms with E-state index >= 15 is 0 Å². The first-order valence-corrected chi connectivity index (χ1v) is 10.4. The molecule has 0 aliphatic carbocycles. The highest BCUT2D eigenvalue weighted by molar-refractivity contribution is 7.13. The third-order valence-electron chi connectivity index (χ3n) is 4.44. The quantitative estimate of drug-likeness (QED) is 0.587. The molecule has 0 bridgehead atoms. The van der Waals surface area contributed by atoms with Crippen molar-refractivity contribution in [3.05, 3.63) is 51.7 Å². The molecule has 0 radical (unpaired) electrons. The van der Waals surface area contributed by atoms with Gasteiger partial charge in [0.15, 0.2) is 0 Å². The molecular formula is C21H26N6OS. The molecule has 7 nitrogen and oxygen atoms in total. The van der Waals surface area contributed by atoms with Gasteiger partial charge in [-0.2, -0.15) is 0 Å². The molecule has 0 saturated heterocycles. The Labute approximate surface area is 175 Å². The zero-order valence-electron chi connectivity index (χ0n) is 17.4. The van der Waals surface area contributed by atoms with Crippen LogP contribution in [0.4, 0.5) is 23.0 Å². The van der Waals surface area contributed by atoms with Crippen LogP contribution in [0, 0.1) is 20.8 Å². The molecule has 8 heteroatoms. The first-order valence-electron chi connectivity index (χ1n) is 9.62. The van der Waals surface area contributed by atoms with E-state index in [4.69, 9.17) is 0 Å². The van der Waals surface area contributed by atoms with Crippen LogP contribution in [-0.4, -0.2) is 33.9 Å². The largest absolute Gasteiger partial charge is 0.357 e. The van der Waals surface area contributed by atoms with Gasteiger partial charge in [-0.1, -0.05) is 0 Å². The number of hydrogen-bond acceptors (Lipinski definition) is 7. The molecule has 0 fully saturated rings. The standard InChI is InChI=1S/C21H26N6OS/c1-6-27(7-2)19-12-18(23-14(4)24-19)25-16-8-10-17(11-9-16)26-21(28)20-13(3)22-15(5)29-20/h8-12H,6-7H2,1-5H3,(H,26,28)(H,23,24,25). The van der Waals surface area contributed by atoms with Crippen molar-refractivity contribution in [2.75, 3.05) is 28.6 Å². The molecule has 0 saturated carbocycles. The molecule has 0 spiro atoms. The van der Waals surface area contributed by atoms with Crippen LogP contribution in [-0.2, 0) is 0 Å². The Morgan fingerprint density at radius 3 is 2.24 bits per heavy atom. The Kier molecular flexibility index (Phi) is 6.43. The first kappa shape index (κ1) is 20.7. The lowest BCUT2D eigenvalue weighted by molar-refractivity contribution is 0.103. The summed E-state index contributed by atoms with van der Waals surface area (Å²) >= 11 is 1.40. The van der Waals surface area contributed by atoms with E-state index in [0.717, 1.165) is 52.6 Å². The van der Waals surface area contributed by atoms with E-state index in [-0.39, 0.29) is 5.91 Å². The highest BCUT2D eigenvalue weighted by atomic mass is 32.1. The molecule has 0 unspecified atom stereocenters. The molecule has 2 heterocycles. The van der Waals surface area contributed by atoms with Crippen LogP contribution in [0.5, 0.6) is 0 Å². The second-order valence-corrected chi connectivity index (χ2v) is 7.84. The molecule has 0 atom stereocenters. The number of rotatable bonds is 7. The smallest absolute Gasteiger partial charge is 0.267 e. The maximum Gasteiger partial charge on any atom is 0.267 e. The second kappa shape index (κ2) is 9.00. The third kappa shape index (κ3) is 5.08. The number of nitrogens with one attached hydrogen (secondary N) is 2. The molecule has 3 aromatic rings. The van der Waals surface area contributed by atoms with Gasteiger partial charge in [-0.05, 0) is 58.9 Å². The Morgan fingerprint density at radius 1 is 1.00 bits per heavy atom. The van der Waals surface area contributed by atoms with Gasteiger partial charge in [-0.25, -0.2) is 15.0 Å². The van der Waals surface area contributed by atoms with Crippen molar-refractivity contribution in [2.45, 2.75) is 34.6 Å². The lowest BCUT2D eigenvalue weighted by atomic mass is 10.2. The number of carbonyl (C=O) groups excluding carboxylic acids is 1. The summed E-state index contributed by atoms with van der Waals surface area (Å²) in [4.78, 5) is 28.6. The van der Waals surface area contributed by atoms with Crippen molar-refractivity contribution in [1.29, 1.82) is 0 Å². The highest BCUT2D eigenvalue weighted by Crippen LogP contribution is 2.23. The minimum absolute atomic E-state index is 0.135. The van der Waals surface area contributed by atoms with Crippen molar-refractivity contribution < 1.29 is 4.79 Å². The summed E-state index contributed by atoms with van der Waals surface area (Å²) < 4.78 is 0. The SMILES string of the molecule is CCN(CC)c1cc(Nc2ccc(NC(=O)c3sc(C)nc3C)cc2)nc(C)n1. The Hall–Kier alpha value is -3.00. The average molecular weight is 411 g/mol. The van der Waals surface area contributed by atoms with E-state index in [1.54, 1.807) is 0 Å². The minimum Gasteiger partial charge on any atom is -0.357 e. The van der Waals surface area contributed by atoms with Crippen molar-refractivity contribution >= 4 is 40.3 Å². The number of benzene rings is 1. The van der Waals surface area contributed by atoms with E-state index in [0.29, 0.717) is 4.88 Å². The predicted molar refractivity (Wildman–Crippen MR) is 120 cm³/mol. The molecule has 2 N–H and O–H groups in total. The van der Waals surface area contributed by atoms with E-state index in [1.165, 1.54) is 11.3 Å². The molecule has 2 aromatic heterocycles. The molecule has 1 aromatic carbocycles. The number of thiazole rings is 1. The maximum atomic E-state index is 12.4. The fourth-order valence-corrected chi connectivity index (χ4v) is 3.86. The van der Waals surface area contributed by atoms with Crippen LogP contribution in [0.1, 0.15) is 40.0 Å². The van der Waals surface area contributed by atoms with Gasteiger partial charge in [0.1, 0.15) is 22.3 Å². The van der Waals surface area contributed by atoms with Gasteiger partial charge in [0, 0.05) is 30.5 Å². The van der Waals surface area contributed by atoms with Crippen molar-refractivity contribution in [2.24, 2.45) is 0 Å². The predicted octanol–water partition coefficient (Wildman–Crippen LogP) is 4.70. The van der Waals surface area contributed by atoms with Gasteiger partial charge in [0.25, 0.3) is 5.91 Å². The van der Waals surface area contributed by atoms with Gasteiger partial charge in [-0.15, -0.1) is 11.3 Å². The highest BCUT2D eigenvalue weighted by Gasteiger charge is 2.14. The summed E-state index contributed by atoms with van der Waals surface area (Å²) in [7, 11) is 0. The Balaban J connectivity index is 1.71. The van der Waals surface area contributed by atoms with Crippen molar-refractivity contribution in [3.63, 3.8) is 0 Å². The minimum atomic E-state index is -0.135. The van der Waals surface area contributed by atoms with Crippen LogP contribution < -0.4 is 15.5 Å². The van der Waals surface area contributed by atoms with E-state index in [9.17, 15) is 4.79 Å². The topological polar surface area (TPSA) is 83.0 Å². The molecular weight excluding hydrogens is 384 g/mol. The van der Waals surface area contributed by atoms with E-state index in [2.05, 4.69) is 44.3 Å². The molecule has 29 heavy (non-hydrogen) atoms. The Morgan fingerprint density at radius 2 is 1.66 bits per heavy atom. The molecule has 0 aliphatic rings. The van der Waals surface area contributed by atoms with Gasteiger partial charge in [-0.3, -0.25) is 4.79 Å². The molecule has 0 aliphatic heterocycles. The summed E-state index contributed by atoms with van der Waals surface area (Å²) in [6.07, 6.45) is 0. The summed E-state index contributed by atoms with van der Waals surface area (Å²) in [5.41, 5.74) is 2.37. The fraction of sp³-hybridized carbons (Fsp3) is 0.333. The molecule has 1 amide bonds. The van der Waals surface area contributed by atoms with Crippen LogP contribution in [0.15, 0.2) is 30.3 Å². The van der Waals surface area contributed by atoms with Crippen LogP contribution in [0.25, 0.3) is 0 Å². The lowest BCUT2D eigenvalue weighted by Gasteiger charge is -2.20. The zero-order valence-corrected chi connectivity index (χ0v) is 18.2. The van der Waals surface area contributed by atoms with Crippen LogP contribution in [0.2, 0.25) is 0 Å². The van der Waals surface area contributed by atoms with Gasteiger partial charge >= 0.3 is 0 Å². The second-order valence-electron chi connectivity index (χ2n) is 6.63. The van der Waals surface area contributed by atoms with E-state index in [1.807, 2.05) is 51.1 Å². The van der Waals surface area contributed by atoms with Crippen molar-refractivity contribution in [1.82, 2.24) is 15.0 Å². The zero-order chi connectivity index (χ0) is 21.0. The maximum absolute atomic E-state index is 12.4. The number of carbonyl (C=O) groups is 1. The summed E-state index contributed by atoms with van der Waals surface area (Å²) in [5.74, 6) is 2.23. The lowest BCUT2D eigenvalue weighted by Crippen LogP contribution is -2.23.